The summed E-state index contributed by atoms with van der Waals surface area (Å²) in [5.74, 6) is 1.19. The van der Waals surface area contributed by atoms with Crippen molar-refractivity contribution in [3.8, 4) is 0 Å². The van der Waals surface area contributed by atoms with E-state index in [1.807, 2.05) is 13.8 Å². The van der Waals surface area contributed by atoms with E-state index >= 15 is 0 Å². The first-order chi connectivity index (χ1) is 12.1. The summed E-state index contributed by atoms with van der Waals surface area (Å²) in [6, 6.07) is -0.320. The standard InChI is InChI=1S/C17H27N3O5/c1-12(2)16-18-19-17(25-16)14-11-23-9-6-20(14)15(21)5-8-22-10-13-4-3-7-24-13/h12-14H,3-11H2,1-2H3/t13-,14+/m1/s1. The first-order valence-corrected chi connectivity index (χ1v) is 9.05. The molecule has 1 aromatic rings. The van der Waals surface area contributed by atoms with Gasteiger partial charge in [0.2, 0.25) is 17.7 Å². The van der Waals surface area contributed by atoms with Crippen LogP contribution in [0.2, 0.25) is 0 Å². The summed E-state index contributed by atoms with van der Waals surface area (Å²) in [7, 11) is 0. The normalized spacial score (nSPS) is 24.2. The van der Waals surface area contributed by atoms with Crippen molar-refractivity contribution in [2.24, 2.45) is 0 Å². The van der Waals surface area contributed by atoms with Crippen molar-refractivity contribution in [1.29, 1.82) is 0 Å². The van der Waals surface area contributed by atoms with E-state index in [0.717, 1.165) is 19.4 Å². The third-order valence-corrected chi connectivity index (χ3v) is 4.47. The van der Waals surface area contributed by atoms with Crippen LogP contribution in [0, 0.1) is 0 Å². The molecule has 140 valence electrons. The molecule has 0 bridgehead atoms. The highest BCUT2D eigenvalue weighted by atomic mass is 16.5. The Bertz CT molecular complexity index is 556. The average Bonchev–Trinajstić information content (AvgIpc) is 3.30. The maximum atomic E-state index is 12.6. The van der Waals surface area contributed by atoms with Crippen LogP contribution in [-0.4, -0.2) is 66.7 Å². The number of carbonyl (C=O) groups is 1. The van der Waals surface area contributed by atoms with Crippen molar-refractivity contribution >= 4 is 5.91 Å². The summed E-state index contributed by atoms with van der Waals surface area (Å²) in [5, 5.41) is 8.16. The van der Waals surface area contributed by atoms with Gasteiger partial charge in [-0.2, -0.15) is 0 Å². The molecule has 2 fully saturated rings. The van der Waals surface area contributed by atoms with Crippen LogP contribution in [0.4, 0.5) is 0 Å². The third kappa shape index (κ3) is 4.77. The van der Waals surface area contributed by atoms with Crippen molar-refractivity contribution in [3.05, 3.63) is 11.8 Å². The highest BCUT2D eigenvalue weighted by molar-refractivity contribution is 5.76. The van der Waals surface area contributed by atoms with Crippen molar-refractivity contribution in [3.63, 3.8) is 0 Å². The fraction of sp³-hybridized carbons (Fsp3) is 0.824. The van der Waals surface area contributed by atoms with E-state index in [0.29, 0.717) is 51.2 Å². The second kappa shape index (κ2) is 8.73. The predicted molar refractivity (Wildman–Crippen MR) is 88.1 cm³/mol. The lowest BCUT2D eigenvalue weighted by Crippen LogP contribution is -2.43. The predicted octanol–water partition coefficient (Wildman–Crippen LogP) is 1.68. The number of aromatic nitrogens is 2. The lowest BCUT2D eigenvalue weighted by atomic mass is 10.2. The highest BCUT2D eigenvalue weighted by Crippen LogP contribution is 2.25. The summed E-state index contributed by atoms with van der Waals surface area (Å²) in [4.78, 5) is 14.3. The molecule has 0 unspecified atom stereocenters. The molecule has 25 heavy (non-hydrogen) atoms. The van der Waals surface area contributed by atoms with Gasteiger partial charge in [-0.05, 0) is 12.8 Å². The summed E-state index contributed by atoms with van der Waals surface area (Å²) < 4.78 is 22.3. The fourth-order valence-electron chi connectivity index (χ4n) is 3.01. The Kier molecular flexibility index (Phi) is 6.39. The summed E-state index contributed by atoms with van der Waals surface area (Å²) in [6.45, 7) is 7.16. The lowest BCUT2D eigenvalue weighted by molar-refractivity contribution is -0.142. The molecule has 0 saturated carbocycles. The van der Waals surface area contributed by atoms with Gasteiger partial charge in [0.1, 0.15) is 6.04 Å². The summed E-state index contributed by atoms with van der Waals surface area (Å²) in [5.41, 5.74) is 0. The number of ether oxygens (including phenoxy) is 3. The Morgan fingerprint density at radius 1 is 1.36 bits per heavy atom. The first-order valence-electron chi connectivity index (χ1n) is 9.05. The van der Waals surface area contributed by atoms with Gasteiger partial charge in [-0.1, -0.05) is 13.8 Å². The average molecular weight is 353 g/mol. The summed E-state index contributed by atoms with van der Waals surface area (Å²) >= 11 is 0. The fourth-order valence-corrected chi connectivity index (χ4v) is 3.01. The van der Waals surface area contributed by atoms with Gasteiger partial charge in [-0.25, -0.2) is 0 Å². The lowest BCUT2D eigenvalue weighted by Gasteiger charge is -2.33. The van der Waals surface area contributed by atoms with Crippen molar-refractivity contribution < 1.29 is 23.4 Å². The topological polar surface area (TPSA) is 86.9 Å². The van der Waals surface area contributed by atoms with Gasteiger partial charge < -0.3 is 23.5 Å². The van der Waals surface area contributed by atoms with E-state index in [9.17, 15) is 4.79 Å². The van der Waals surface area contributed by atoms with E-state index in [2.05, 4.69) is 10.2 Å². The molecule has 8 heteroatoms. The molecule has 0 spiro atoms. The zero-order valence-corrected chi connectivity index (χ0v) is 15.0. The second-order valence-corrected chi connectivity index (χ2v) is 6.77. The largest absolute Gasteiger partial charge is 0.423 e. The van der Waals surface area contributed by atoms with Crippen molar-refractivity contribution in [2.45, 2.75) is 51.2 Å². The molecule has 0 radical (unpaired) electrons. The molecule has 3 rings (SSSR count). The van der Waals surface area contributed by atoms with E-state index in [4.69, 9.17) is 18.6 Å². The SMILES string of the molecule is CC(C)c1nnc([C@@H]2COCCN2C(=O)CCOC[C@H]2CCCO2)o1. The Morgan fingerprint density at radius 3 is 2.96 bits per heavy atom. The minimum Gasteiger partial charge on any atom is -0.423 e. The molecule has 2 atom stereocenters. The molecule has 1 amide bonds. The van der Waals surface area contributed by atoms with Crippen LogP contribution >= 0.6 is 0 Å². The van der Waals surface area contributed by atoms with Gasteiger partial charge in [0.25, 0.3) is 0 Å². The Hall–Kier alpha value is -1.51. The van der Waals surface area contributed by atoms with Crippen LogP contribution in [0.3, 0.4) is 0 Å². The number of amides is 1. The molecule has 0 N–H and O–H groups in total. The molecular weight excluding hydrogens is 326 g/mol. The minimum atomic E-state index is -0.320. The smallest absolute Gasteiger partial charge is 0.241 e. The molecule has 1 aromatic heterocycles. The van der Waals surface area contributed by atoms with Crippen LogP contribution in [-0.2, 0) is 19.0 Å². The number of carbonyl (C=O) groups excluding carboxylic acids is 1. The molecule has 8 nitrogen and oxygen atoms in total. The number of hydrogen-bond acceptors (Lipinski definition) is 7. The minimum absolute atomic E-state index is 0.0185. The Balaban J connectivity index is 1.51. The molecule has 0 aromatic carbocycles. The summed E-state index contributed by atoms with van der Waals surface area (Å²) in [6.07, 6.45) is 2.63. The quantitative estimate of drug-likeness (QED) is 0.689. The molecule has 2 saturated heterocycles. The molecule has 2 aliphatic heterocycles. The van der Waals surface area contributed by atoms with Gasteiger partial charge in [0, 0.05) is 19.1 Å². The number of hydrogen-bond donors (Lipinski definition) is 0. The van der Waals surface area contributed by atoms with E-state index in [-0.39, 0.29) is 24.0 Å². The van der Waals surface area contributed by atoms with Crippen LogP contribution in [0.15, 0.2) is 4.42 Å². The van der Waals surface area contributed by atoms with Crippen molar-refractivity contribution in [1.82, 2.24) is 15.1 Å². The van der Waals surface area contributed by atoms with Crippen LogP contribution in [0.25, 0.3) is 0 Å². The number of morpholine rings is 1. The molecule has 2 aliphatic rings. The van der Waals surface area contributed by atoms with Crippen LogP contribution < -0.4 is 0 Å². The number of rotatable bonds is 7. The van der Waals surface area contributed by atoms with Crippen LogP contribution in [0.1, 0.15) is 56.9 Å². The number of nitrogens with zero attached hydrogens (tertiary/aromatic N) is 3. The first kappa shape index (κ1) is 18.3. The second-order valence-electron chi connectivity index (χ2n) is 6.77. The highest BCUT2D eigenvalue weighted by Gasteiger charge is 2.32. The van der Waals surface area contributed by atoms with Crippen molar-refractivity contribution in [2.75, 3.05) is 39.6 Å². The molecular formula is C17H27N3O5. The van der Waals surface area contributed by atoms with Gasteiger partial charge >= 0.3 is 0 Å². The van der Waals surface area contributed by atoms with E-state index in [1.54, 1.807) is 4.90 Å². The maximum Gasteiger partial charge on any atom is 0.241 e. The van der Waals surface area contributed by atoms with E-state index < -0.39 is 0 Å². The third-order valence-electron chi connectivity index (χ3n) is 4.47. The molecule has 3 heterocycles. The monoisotopic (exact) mass is 353 g/mol. The zero-order valence-electron chi connectivity index (χ0n) is 15.0. The Morgan fingerprint density at radius 2 is 2.24 bits per heavy atom. The zero-order chi connectivity index (χ0) is 17.6. The van der Waals surface area contributed by atoms with Gasteiger partial charge in [-0.15, -0.1) is 10.2 Å². The van der Waals surface area contributed by atoms with E-state index in [1.165, 1.54) is 0 Å². The van der Waals surface area contributed by atoms with Gasteiger partial charge in [0.05, 0.1) is 39.0 Å². The van der Waals surface area contributed by atoms with Gasteiger partial charge in [0.15, 0.2) is 0 Å². The molecule has 0 aliphatic carbocycles. The Labute approximate surface area is 147 Å². The maximum absolute atomic E-state index is 12.6. The van der Waals surface area contributed by atoms with Crippen LogP contribution in [0.5, 0.6) is 0 Å². The van der Waals surface area contributed by atoms with Gasteiger partial charge in [-0.3, -0.25) is 4.79 Å².